The molecule has 0 aliphatic carbocycles. The molecule has 0 aromatic heterocycles. The molecule has 2 aliphatic rings. The maximum atomic E-state index is 12.6. The lowest BCUT2D eigenvalue weighted by Crippen LogP contribution is -2.48. The van der Waals surface area contributed by atoms with Gasteiger partial charge in [-0.25, -0.2) is 0 Å². The first-order valence-corrected chi connectivity index (χ1v) is 5.95. The van der Waals surface area contributed by atoms with Gasteiger partial charge in [-0.05, 0) is 25.7 Å². The van der Waals surface area contributed by atoms with E-state index in [4.69, 9.17) is 4.74 Å². The number of piperidine rings is 1. The quantitative estimate of drug-likeness (QED) is 0.713. The van der Waals surface area contributed by atoms with Crippen molar-refractivity contribution >= 4 is 5.91 Å². The van der Waals surface area contributed by atoms with Crippen molar-refractivity contribution in [2.45, 2.75) is 38.0 Å². The number of carbonyl (C=O) groups excluding carboxylic acids is 1. The maximum Gasteiger partial charge on any atom is 0.393 e. The van der Waals surface area contributed by atoms with Crippen LogP contribution in [0.4, 0.5) is 13.2 Å². The van der Waals surface area contributed by atoms with Crippen LogP contribution in [0.5, 0.6) is 0 Å². The molecule has 2 heterocycles. The second kappa shape index (κ2) is 4.84. The molecule has 0 aromatic rings. The van der Waals surface area contributed by atoms with Gasteiger partial charge >= 0.3 is 6.18 Å². The van der Waals surface area contributed by atoms with Crippen LogP contribution >= 0.6 is 0 Å². The van der Waals surface area contributed by atoms with Crippen molar-refractivity contribution in [2.75, 3.05) is 19.7 Å². The van der Waals surface area contributed by atoms with Crippen LogP contribution in [0.3, 0.4) is 0 Å². The van der Waals surface area contributed by atoms with Crippen LogP contribution in [-0.4, -0.2) is 42.8 Å². The Hall–Kier alpha value is -0.780. The summed E-state index contributed by atoms with van der Waals surface area (Å²) in [6.07, 6.45) is -2.72. The molecule has 2 saturated heterocycles. The Morgan fingerprint density at radius 1 is 1.24 bits per heavy atom. The van der Waals surface area contributed by atoms with Gasteiger partial charge in [0.05, 0.1) is 5.92 Å². The first kappa shape index (κ1) is 12.7. The molecular weight excluding hydrogens is 235 g/mol. The Bertz CT molecular complexity index is 287. The molecule has 2 atom stereocenters. The number of carbonyl (C=O) groups is 1. The topological polar surface area (TPSA) is 29.5 Å². The van der Waals surface area contributed by atoms with E-state index in [2.05, 4.69) is 0 Å². The Kier molecular flexibility index (Phi) is 3.61. The van der Waals surface area contributed by atoms with Crippen LogP contribution in [0.25, 0.3) is 0 Å². The van der Waals surface area contributed by atoms with E-state index in [0.717, 1.165) is 6.42 Å². The molecule has 0 bridgehead atoms. The summed E-state index contributed by atoms with van der Waals surface area (Å²) in [6.45, 7) is 0.750. The minimum Gasteiger partial charge on any atom is -0.368 e. The highest BCUT2D eigenvalue weighted by atomic mass is 19.4. The van der Waals surface area contributed by atoms with Crippen molar-refractivity contribution < 1.29 is 22.7 Å². The van der Waals surface area contributed by atoms with E-state index in [9.17, 15) is 18.0 Å². The highest BCUT2D eigenvalue weighted by molar-refractivity contribution is 5.81. The molecule has 3 nitrogen and oxygen atoms in total. The normalized spacial score (nSPS) is 30.6. The molecule has 17 heavy (non-hydrogen) atoms. The van der Waals surface area contributed by atoms with Crippen LogP contribution in [0.2, 0.25) is 0 Å². The van der Waals surface area contributed by atoms with Gasteiger partial charge in [-0.15, -0.1) is 0 Å². The Morgan fingerprint density at radius 2 is 2.00 bits per heavy atom. The van der Waals surface area contributed by atoms with Gasteiger partial charge in [0.25, 0.3) is 5.91 Å². The summed E-state index contributed by atoms with van der Waals surface area (Å²) in [7, 11) is 0. The summed E-state index contributed by atoms with van der Waals surface area (Å²) in [4.78, 5) is 13.2. The minimum absolute atomic E-state index is 0.124. The highest BCUT2D eigenvalue weighted by Crippen LogP contribution is 2.33. The number of likely N-dealkylation sites (tertiary alicyclic amines) is 1. The molecule has 2 fully saturated rings. The lowest BCUT2D eigenvalue weighted by molar-refractivity contribution is -0.189. The minimum atomic E-state index is -4.20. The molecule has 2 aliphatic heterocycles. The molecule has 0 N–H and O–H groups in total. The van der Waals surface area contributed by atoms with Crippen LogP contribution in [-0.2, 0) is 9.53 Å². The summed E-state index contributed by atoms with van der Waals surface area (Å²) < 4.78 is 43.0. The van der Waals surface area contributed by atoms with Crippen LogP contribution < -0.4 is 0 Å². The predicted octanol–water partition coefficient (Wildman–Crippen LogP) is 1.97. The lowest BCUT2D eigenvalue weighted by Gasteiger charge is -2.34. The number of nitrogens with zero attached hydrogens (tertiary/aromatic N) is 1. The fourth-order valence-corrected chi connectivity index (χ4v) is 2.42. The van der Waals surface area contributed by atoms with E-state index in [1.807, 2.05) is 0 Å². The maximum absolute atomic E-state index is 12.6. The van der Waals surface area contributed by atoms with Gasteiger partial charge in [0.15, 0.2) is 0 Å². The molecule has 6 heteroatoms. The molecule has 0 aromatic carbocycles. The average Bonchev–Trinajstić information content (AvgIpc) is 2.80. The fourth-order valence-electron chi connectivity index (χ4n) is 2.42. The second-order valence-electron chi connectivity index (χ2n) is 4.67. The third-order valence-electron chi connectivity index (χ3n) is 3.40. The average molecular weight is 251 g/mol. The number of ether oxygens (including phenoxy) is 1. The summed E-state index contributed by atoms with van der Waals surface area (Å²) >= 11 is 0. The lowest BCUT2D eigenvalue weighted by atomic mass is 9.97. The molecule has 0 unspecified atom stereocenters. The van der Waals surface area contributed by atoms with Crippen molar-refractivity contribution in [3.63, 3.8) is 0 Å². The summed E-state index contributed by atoms with van der Waals surface area (Å²) in [5, 5.41) is 0. The van der Waals surface area contributed by atoms with E-state index in [0.29, 0.717) is 26.0 Å². The Balaban J connectivity index is 1.94. The highest BCUT2D eigenvalue weighted by Gasteiger charge is 2.43. The van der Waals surface area contributed by atoms with Gasteiger partial charge in [0.1, 0.15) is 6.10 Å². The first-order valence-electron chi connectivity index (χ1n) is 5.95. The first-order chi connectivity index (χ1) is 7.98. The third kappa shape index (κ3) is 2.91. The number of rotatable bonds is 1. The number of hydrogen-bond acceptors (Lipinski definition) is 2. The SMILES string of the molecule is O=C([C@H]1CCCO1)N1CCC[C@H](C(F)(F)F)C1. The van der Waals surface area contributed by atoms with Gasteiger partial charge in [0.2, 0.25) is 0 Å². The van der Waals surface area contributed by atoms with E-state index >= 15 is 0 Å². The fraction of sp³-hybridized carbons (Fsp3) is 0.909. The van der Waals surface area contributed by atoms with E-state index in [-0.39, 0.29) is 18.9 Å². The molecular formula is C11H16F3NO2. The van der Waals surface area contributed by atoms with E-state index in [1.165, 1.54) is 4.90 Å². The van der Waals surface area contributed by atoms with Crippen LogP contribution in [0.15, 0.2) is 0 Å². The zero-order chi connectivity index (χ0) is 12.5. The molecule has 2 rings (SSSR count). The van der Waals surface area contributed by atoms with Gasteiger partial charge in [-0.1, -0.05) is 0 Å². The van der Waals surface area contributed by atoms with Crippen LogP contribution in [0.1, 0.15) is 25.7 Å². The standard InChI is InChI=1S/C11H16F3NO2/c12-11(13,14)8-3-1-5-15(7-8)10(16)9-4-2-6-17-9/h8-9H,1-7H2/t8-,9+/m0/s1. The summed E-state index contributed by atoms with van der Waals surface area (Å²) in [5.74, 6) is -1.64. The smallest absolute Gasteiger partial charge is 0.368 e. The van der Waals surface area contributed by atoms with Gasteiger partial charge in [-0.2, -0.15) is 13.2 Å². The predicted molar refractivity (Wildman–Crippen MR) is 54.3 cm³/mol. The van der Waals surface area contributed by atoms with Crippen molar-refractivity contribution in [1.29, 1.82) is 0 Å². The molecule has 0 radical (unpaired) electrons. The molecule has 0 saturated carbocycles. The largest absolute Gasteiger partial charge is 0.393 e. The van der Waals surface area contributed by atoms with Gasteiger partial charge < -0.3 is 9.64 Å². The zero-order valence-corrected chi connectivity index (χ0v) is 9.50. The number of halogens is 3. The molecule has 1 amide bonds. The monoisotopic (exact) mass is 251 g/mol. The second-order valence-corrected chi connectivity index (χ2v) is 4.67. The van der Waals surface area contributed by atoms with E-state index < -0.39 is 18.2 Å². The van der Waals surface area contributed by atoms with Crippen molar-refractivity contribution in [3.05, 3.63) is 0 Å². The van der Waals surface area contributed by atoms with Crippen molar-refractivity contribution in [1.82, 2.24) is 4.90 Å². The number of amides is 1. The van der Waals surface area contributed by atoms with Crippen LogP contribution in [0, 0.1) is 5.92 Å². The van der Waals surface area contributed by atoms with Crippen molar-refractivity contribution in [3.8, 4) is 0 Å². The summed E-state index contributed by atoms with van der Waals surface area (Å²) in [5.41, 5.74) is 0. The van der Waals surface area contributed by atoms with Gasteiger partial charge in [-0.3, -0.25) is 4.79 Å². The van der Waals surface area contributed by atoms with E-state index in [1.54, 1.807) is 0 Å². The molecule has 98 valence electrons. The Labute approximate surface area is 97.9 Å². The van der Waals surface area contributed by atoms with Gasteiger partial charge in [0, 0.05) is 19.7 Å². The zero-order valence-electron chi connectivity index (χ0n) is 9.50. The number of alkyl halides is 3. The van der Waals surface area contributed by atoms with Crippen molar-refractivity contribution in [2.24, 2.45) is 5.92 Å². The number of hydrogen-bond donors (Lipinski definition) is 0. The Morgan fingerprint density at radius 3 is 2.59 bits per heavy atom. The summed E-state index contributed by atoms with van der Waals surface area (Å²) in [6, 6.07) is 0. The molecule has 0 spiro atoms. The third-order valence-corrected chi connectivity index (χ3v) is 3.40.